The molecular formula is C12H12INO3. The number of likely N-dealkylation sites (tertiary alicyclic amines) is 1. The molecule has 0 aromatic heterocycles. The number of hydrogen-bond acceptors (Lipinski definition) is 2. The molecule has 0 spiro atoms. The molecule has 1 N–H and O–H groups in total. The van der Waals surface area contributed by atoms with E-state index in [1.165, 1.54) is 14.0 Å². The molecule has 2 unspecified atom stereocenters. The number of ether oxygens (including phenoxy) is 1. The minimum Gasteiger partial charge on any atom is -0.488 e. The number of rotatable bonds is 0. The molecule has 0 aliphatic carbocycles. The van der Waals surface area contributed by atoms with Gasteiger partial charge in [0.15, 0.2) is 0 Å². The van der Waals surface area contributed by atoms with Gasteiger partial charge in [0.25, 0.3) is 0 Å². The van der Waals surface area contributed by atoms with E-state index in [0.29, 0.717) is 19.0 Å². The average molecular weight is 345 g/mol. The highest BCUT2D eigenvalue weighted by molar-refractivity contribution is 14.1. The Balaban J connectivity index is 1.87. The number of nitrogens with zero attached hydrogens (tertiary/aromatic N) is 1. The van der Waals surface area contributed by atoms with Gasteiger partial charge in [0, 0.05) is 21.6 Å². The molecule has 2 atom stereocenters. The predicted octanol–water partition coefficient (Wildman–Crippen LogP) is 2.52. The number of benzene rings is 1. The second kappa shape index (κ2) is 4.04. The zero-order chi connectivity index (χ0) is 12.0. The molecule has 4 nitrogen and oxygen atoms in total. The lowest BCUT2D eigenvalue weighted by molar-refractivity contribution is 0.0813. The fraction of sp³-hybridized carbons (Fsp3) is 0.417. The number of halogens is 1. The maximum absolute atomic E-state index is 10.9. The Morgan fingerprint density at radius 2 is 2.35 bits per heavy atom. The van der Waals surface area contributed by atoms with Crippen LogP contribution in [0.5, 0.6) is 5.75 Å². The van der Waals surface area contributed by atoms with Crippen LogP contribution < -0.4 is 4.74 Å². The molecular weight excluding hydrogens is 333 g/mol. The van der Waals surface area contributed by atoms with Crippen molar-refractivity contribution in [2.24, 2.45) is 0 Å². The van der Waals surface area contributed by atoms with Gasteiger partial charge in [-0.15, -0.1) is 0 Å². The van der Waals surface area contributed by atoms with Gasteiger partial charge in [0.2, 0.25) is 0 Å². The molecule has 0 saturated carbocycles. The topological polar surface area (TPSA) is 49.8 Å². The molecule has 1 saturated heterocycles. The highest BCUT2D eigenvalue weighted by Gasteiger charge is 2.39. The van der Waals surface area contributed by atoms with E-state index in [-0.39, 0.29) is 6.10 Å². The van der Waals surface area contributed by atoms with Gasteiger partial charge in [0.1, 0.15) is 11.9 Å². The van der Waals surface area contributed by atoms with E-state index in [2.05, 4.69) is 28.7 Å². The predicted molar refractivity (Wildman–Crippen MR) is 70.5 cm³/mol. The minimum absolute atomic E-state index is 0.00644. The molecule has 2 heterocycles. The molecule has 3 rings (SSSR count). The summed E-state index contributed by atoms with van der Waals surface area (Å²) < 4.78 is 7.04. The second-order valence-corrected chi connectivity index (χ2v) is 5.71. The normalized spacial score (nSPS) is 26.1. The fourth-order valence-electron chi connectivity index (χ4n) is 2.64. The lowest BCUT2D eigenvalue weighted by Gasteiger charge is -2.32. The monoisotopic (exact) mass is 345 g/mol. The highest BCUT2D eigenvalue weighted by atomic mass is 127. The largest absolute Gasteiger partial charge is 0.488 e. The maximum Gasteiger partial charge on any atom is 0.407 e. The van der Waals surface area contributed by atoms with Crippen molar-refractivity contribution in [3.8, 4) is 5.75 Å². The van der Waals surface area contributed by atoms with Crippen molar-refractivity contribution < 1.29 is 14.6 Å². The number of hydrogen-bond donors (Lipinski definition) is 1. The first-order valence-electron chi connectivity index (χ1n) is 5.59. The maximum atomic E-state index is 10.9. The van der Waals surface area contributed by atoms with Gasteiger partial charge in [-0.2, -0.15) is 0 Å². The quantitative estimate of drug-likeness (QED) is 0.735. The molecule has 90 valence electrons. The van der Waals surface area contributed by atoms with Gasteiger partial charge in [0.05, 0.1) is 6.54 Å². The van der Waals surface area contributed by atoms with Gasteiger partial charge < -0.3 is 14.7 Å². The summed E-state index contributed by atoms with van der Waals surface area (Å²) in [6.07, 6.45) is -0.00464. The van der Waals surface area contributed by atoms with Crippen LogP contribution in [0.3, 0.4) is 0 Å². The summed E-state index contributed by atoms with van der Waals surface area (Å²) in [6.45, 7) is 1.08. The summed E-state index contributed by atoms with van der Waals surface area (Å²) in [6, 6.07) is 6.16. The van der Waals surface area contributed by atoms with Crippen molar-refractivity contribution in [2.75, 3.05) is 13.1 Å². The fourth-order valence-corrected chi connectivity index (χ4v) is 3.16. The van der Waals surface area contributed by atoms with Crippen LogP contribution in [0.4, 0.5) is 4.79 Å². The van der Waals surface area contributed by atoms with Gasteiger partial charge in [-0.05, 0) is 47.2 Å². The van der Waals surface area contributed by atoms with Gasteiger partial charge in [-0.3, -0.25) is 0 Å². The van der Waals surface area contributed by atoms with Crippen molar-refractivity contribution in [3.05, 3.63) is 27.3 Å². The van der Waals surface area contributed by atoms with E-state index in [4.69, 9.17) is 9.84 Å². The lowest BCUT2D eigenvalue weighted by Crippen LogP contribution is -2.45. The third-order valence-corrected chi connectivity index (χ3v) is 4.15. The van der Waals surface area contributed by atoms with E-state index < -0.39 is 6.09 Å². The van der Waals surface area contributed by atoms with Crippen LogP contribution >= 0.6 is 22.6 Å². The van der Waals surface area contributed by atoms with Gasteiger partial charge in [-0.1, -0.05) is 0 Å². The minimum atomic E-state index is -0.849. The Morgan fingerprint density at radius 1 is 1.53 bits per heavy atom. The molecule has 1 aromatic carbocycles. The number of carboxylic acid groups (broad SMARTS) is 1. The molecule has 0 bridgehead atoms. The van der Waals surface area contributed by atoms with Crippen LogP contribution in [0.15, 0.2) is 18.2 Å². The molecule has 2 aliphatic rings. The number of piperidine rings is 1. The van der Waals surface area contributed by atoms with Crippen LogP contribution in [0.2, 0.25) is 0 Å². The summed E-state index contributed by atoms with van der Waals surface area (Å²) in [5, 5.41) is 8.99. The van der Waals surface area contributed by atoms with Crippen LogP contribution in [0.25, 0.3) is 0 Å². The van der Waals surface area contributed by atoms with Crippen molar-refractivity contribution in [3.63, 3.8) is 0 Å². The van der Waals surface area contributed by atoms with E-state index in [1.54, 1.807) is 0 Å². The molecule has 2 aliphatic heterocycles. The summed E-state index contributed by atoms with van der Waals surface area (Å²) >= 11 is 2.29. The third-order valence-electron chi connectivity index (χ3n) is 3.48. The molecule has 1 amide bonds. The summed E-state index contributed by atoms with van der Waals surface area (Å²) in [5.41, 5.74) is 1.24. The van der Waals surface area contributed by atoms with Crippen molar-refractivity contribution in [1.29, 1.82) is 0 Å². The first-order valence-corrected chi connectivity index (χ1v) is 6.67. The summed E-state index contributed by atoms with van der Waals surface area (Å²) in [4.78, 5) is 12.4. The van der Waals surface area contributed by atoms with Gasteiger partial charge in [-0.25, -0.2) is 4.79 Å². The Labute approximate surface area is 113 Å². The van der Waals surface area contributed by atoms with E-state index >= 15 is 0 Å². The van der Waals surface area contributed by atoms with Crippen LogP contribution in [-0.2, 0) is 0 Å². The highest BCUT2D eigenvalue weighted by Crippen LogP contribution is 2.43. The molecule has 5 heteroatoms. The van der Waals surface area contributed by atoms with Crippen LogP contribution in [0.1, 0.15) is 17.9 Å². The lowest BCUT2D eigenvalue weighted by atomic mass is 9.89. The first-order chi connectivity index (χ1) is 8.15. The molecule has 1 fully saturated rings. The van der Waals surface area contributed by atoms with Gasteiger partial charge >= 0.3 is 6.09 Å². The third kappa shape index (κ3) is 1.86. The van der Waals surface area contributed by atoms with Crippen molar-refractivity contribution in [2.45, 2.75) is 18.4 Å². The summed E-state index contributed by atoms with van der Waals surface area (Å²) in [7, 11) is 0. The zero-order valence-electron chi connectivity index (χ0n) is 9.10. The summed E-state index contributed by atoms with van der Waals surface area (Å²) in [5.74, 6) is 1.28. The zero-order valence-corrected chi connectivity index (χ0v) is 11.3. The molecule has 1 aromatic rings. The number of fused-ring (bicyclic) bond motifs is 3. The van der Waals surface area contributed by atoms with Crippen molar-refractivity contribution in [1.82, 2.24) is 4.90 Å². The second-order valence-electron chi connectivity index (χ2n) is 4.46. The van der Waals surface area contributed by atoms with Crippen LogP contribution in [-0.4, -0.2) is 35.3 Å². The van der Waals surface area contributed by atoms with Crippen molar-refractivity contribution >= 4 is 28.7 Å². The average Bonchev–Trinajstić information content (AvgIpc) is 2.66. The van der Waals surface area contributed by atoms with E-state index in [1.807, 2.05) is 12.1 Å². The first kappa shape index (κ1) is 11.1. The Bertz CT molecular complexity index is 477. The standard InChI is InChI=1S/C12H12INO3/c13-7-1-2-10-9(5-7)8-3-4-14(12(15)16)6-11(8)17-10/h1-2,5,8,11H,3-4,6H2,(H,15,16). The SMILES string of the molecule is O=C(O)N1CCC2c3cc(I)ccc3OC2C1. The Kier molecular flexibility index (Phi) is 2.65. The molecule has 0 radical (unpaired) electrons. The Morgan fingerprint density at radius 3 is 3.12 bits per heavy atom. The van der Waals surface area contributed by atoms with Crippen LogP contribution in [0, 0.1) is 3.57 Å². The number of carbonyl (C=O) groups is 1. The van der Waals surface area contributed by atoms with E-state index in [0.717, 1.165) is 12.2 Å². The Hall–Kier alpha value is -0.980. The smallest absolute Gasteiger partial charge is 0.407 e. The van der Waals surface area contributed by atoms with E-state index in [9.17, 15) is 4.79 Å². The molecule has 17 heavy (non-hydrogen) atoms. The number of amides is 1.